The number of amides is 1. The lowest BCUT2D eigenvalue weighted by atomic mass is 9.66. The van der Waals surface area contributed by atoms with Gasteiger partial charge in [-0.2, -0.15) is 0 Å². The molecule has 6 heteroatoms. The highest BCUT2D eigenvalue weighted by Gasteiger charge is 2.47. The molecule has 126 valence electrons. The van der Waals surface area contributed by atoms with Gasteiger partial charge < -0.3 is 19.2 Å². The number of carboxylic acids is 1. The van der Waals surface area contributed by atoms with Crippen LogP contribution >= 0.6 is 0 Å². The summed E-state index contributed by atoms with van der Waals surface area (Å²) < 4.78 is 11.3. The lowest BCUT2D eigenvalue weighted by Gasteiger charge is -2.41. The van der Waals surface area contributed by atoms with E-state index in [4.69, 9.17) is 9.15 Å². The van der Waals surface area contributed by atoms with Crippen LogP contribution in [0, 0.1) is 5.41 Å². The monoisotopic (exact) mass is 321 g/mol. The Morgan fingerprint density at radius 1 is 1.39 bits per heavy atom. The van der Waals surface area contributed by atoms with E-state index in [1.165, 1.54) is 0 Å². The van der Waals surface area contributed by atoms with Gasteiger partial charge in [-0.25, -0.2) is 0 Å². The minimum Gasteiger partial charge on any atom is -0.481 e. The predicted octanol–water partition coefficient (Wildman–Crippen LogP) is 2.39. The summed E-state index contributed by atoms with van der Waals surface area (Å²) in [5.74, 6) is 0.620. The van der Waals surface area contributed by atoms with Crippen LogP contribution in [0.1, 0.15) is 50.2 Å². The molecule has 1 aromatic rings. The second-order valence-electron chi connectivity index (χ2n) is 6.45. The van der Waals surface area contributed by atoms with Crippen LogP contribution in [0.15, 0.2) is 16.5 Å². The fourth-order valence-electron chi connectivity index (χ4n) is 3.36. The zero-order valence-corrected chi connectivity index (χ0v) is 13.4. The molecule has 1 saturated carbocycles. The van der Waals surface area contributed by atoms with Crippen LogP contribution in [0.5, 0.6) is 0 Å². The summed E-state index contributed by atoms with van der Waals surface area (Å²) in [6.07, 6.45) is 2.92. The van der Waals surface area contributed by atoms with Crippen molar-refractivity contribution in [2.75, 3.05) is 19.8 Å². The Kier molecular flexibility index (Phi) is 4.43. The Bertz CT molecular complexity index is 590. The van der Waals surface area contributed by atoms with E-state index in [0.717, 1.165) is 18.6 Å². The fourth-order valence-corrected chi connectivity index (χ4v) is 3.36. The molecular weight excluding hydrogens is 298 g/mol. The van der Waals surface area contributed by atoms with Crippen LogP contribution in [-0.4, -0.2) is 41.6 Å². The average molecular weight is 321 g/mol. The maximum absolute atomic E-state index is 12.7. The number of aliphatic carboxylic acids is 1. The van der Waals surface area contributed by atoms with Crippen molar-refractivity contribution in [2.24, 2.45) is 5.41 Å². The van der Waals surface area contributed by atoms with Gasteiger partial charge >= 0.3 is 5.97 Å². The number of furan rings is 1. The van der Waals surface area contributed by atoms with Gasteiger partial charge in [0.1, 0.15) is 17.6 Å². The SMILES string of the molecule is CCc1ccc(C2COCCN2C(=O)CC2(C(=O)O)CCC2)o1. The molecule has 0 bridgehead atoms. The van der Waals surface area contributed by atoms with E-state index >= 15 is 0 Å². The molecule has 0 radical (unpaired) electrons. The van der Waals surface area contributed by atoms with E-state index in [2.05, 4.69) is 0 Å². The standard InChI is InChI=1S/C17H23NO5/c1-2-12-4-5-14(23-12)13-11-22-9-8-18(13)15(19)10-17(16(20)21)6-3-7-17/h4-5,13H,2-3,6-11H2,1H3,(H,20,21). The number of hydrogen-bond acceptors (Lipinski definition) is 4. The molecule has 0 aromatic carbocycles. The van der Waals surface area contributed by atoms with Gasteiger partial charge in [-0.15, -0.1) is 0 Å². The van der Waals surface area contributed by atoms with Crippen molar-refractivity contribution < 1.29 is 23.8 Å². The minimum atomic E-state index is -0.863. The summed E-state index contributed by atoms with van der Waals surface area (Å²) in [5, 5.41) is 9.44. The molecule has 1 aliphatic heterocycles. The highest BCUT2D eigenvalue weighted by atomic mass is 16.5. The third-order valence-electron chi connectivity index (χ3n) is 5.06. The lowest BCUT2D eigenvalue weighted by molar-refractivity contribution is -0.162. The Morgan fingerprint density at radius 2 is 2.17 bits per heavy atom. The molecule has 3 rings (SSSR count). The number of rotatable bonds is 5. The maximum Gasteiger partial charge on any atom is 0.310 e. The minimum absolute atomic E-state index is 0.0696. The maximum atomic E-state index is 12.7. The molecule has 23 heavy (non-hydrogen) atoms. The second kappa shape index (κ2) is 6.35. The van der Waals surface area contributed by atoms with Crippen molar-refractivity contribution in [2.45, 2.75) is 45.1 Å². The third-order valence-corrected chi connectivity index (χ3v) is 5.06. The number of ether oxygens (including phenoxy) is 1. The van der Waals surface area contributed by atoms with Crippen molar-refractivity contribution in [3.8, 4) is 0 Å². The van der Waals surface area contributed by atoms with Gasteiger partial charge in [0.2, 0.25) is 5.91 Å². The summed E-state index contributed by atoms with van der Waals surface area (Å²) >= 11 is 0. The van der Waals surface area contributed by atoms with Crippen molar-refractivity contribution in [3.05, 3.63) is 23.7 Å². The van der Waals surface area contributed by atoms with Crippen LogP contribution in [0.2, 0.25) is 0 Å². The van der Waals surface area contributed by atoms with Gasteiger partial charge in [-0.1, -0.05) is 13.3 Å². The largest absolute Gasteiger partial charge is 0.481 e. The van der Waals surface area contributed by atoms with Gasteiger partial charge in [-0.05, 0) is 25.0 Å². The number of morpholine rings is 1. The van der Waals surface area contributed by atoms with E-state index in [0.29, 0.717) is 38.4 Å². The van der Waals surface area contributed by atoms with E-state index in [1.807, 2.05) is 19.1 Å². The fraction of sp³-hybridized carbons (Fsp3) is 0.647. The summed E-state index contributed by atoms with van der Waals surface area (Å²) in [4.78, 5) is 26.0. The van der Waals surface area contributed by atoms with E-state index in [9.17, 15) is 14.7 Å². The highest BCUT2D eigenvalue weighted by molar-refractivity contribution is 5.86. The summed E-state index contributed by atoms with van der Waals surface area (Å²) in [6, 6.07) is 3.54. The molecule has 2 heterocycles. The van der Waals surface area contributed by atoms with Crippen LogP contribution in [0.25, 0.3) is 0 Å². The highest BCUT2D eigenvalue weighted by Crippen LogP contribution is 2.45. The first kappa shape index (κ1) is 16.1. The predicted molar refractivity (Wildman–Crippen MR) is 81.9 cm³/mol. The first-order chi connectivity index (χ1) is 11.1. The number of carbonyl (C=O) groups excluding carboxylic acids is 1. The molecule has 1 atom stereocenters. The van der Waals surface area contributed by atoms with Gasteiger partial charge in [-0.3, -0.25) is 9.59 Å². The molecule has 1 saturated heterocycles. The number of carbonyl (C=O) groups is 2. The van der Waals surface area contributed by atoms with Crippen molar-refractivity contribution in [1.29, 1.82) is 0 Å². The van der Waals surface area contributed by atoms with Gasteiger partial charge in [0.15, 0.2) is 0 Å². The molecule has 1 N–H and O–H groups in total. The summed E-state index contributed by atoms with van der Waals surface area (Å²) in [7, 11) is 0. The molecule has 0 spiro atoms. The quantitative estimate of drug-likeness (QED) is 0.900. The van der Waals surface area contributed by atoms with Crippen LogP contribution in [0.3, 0.4) is 0 Å². The Labute approximate surface area is 135 Å². The van der Waals surface area contributed by atoms with Crippen LogP contribution in [0.4, 0.5) is 0 Å². The van der Waals surface area contributed by atoms with Gasteiger partial charge in [0.05, 0.1) is 18.6 Å². The zero-order chi connectivity index (χ0) is 16.4. The molecule has 1 aliphatic carbocycles. The molecule has 1 amide bonds. The Balaban J connectivity index is 1.75. The van der Waals surface area contributed by atoms with Gasteiger partial charge in [0.25, 0.3) is 0 Å². The summed E-state index contributed by atoms with van der Waals surface area (Å²) in [5.41, 5.74) is -0.863. The lowest BCUT2D eigenvalue weighted by Crippen LogP contribution is -2.48. The van der Waals surface area contributed by atoms with Crippen LogP contribution in [-0.2, 0) is 20.7 Å². The normalized spacial score (nSPS) is 23.3. The molecule has 2 fully saturated rings. The molecule has 1 aromatic heterocycles. The Morgan fingerprint density at radius 3 is 2.74 bits per heavy atom. The smallest absolute Gasteiger partial charge is 0.310 e. The first-order valence-electron chi connectivity index (χ1n) is 8.25. The van der Waals surface area contributed by atoms with Crippen molar-refractivity contribution >= 4 is 11.9 Å². The van der Waals surface area contributed by atoms with E-state index in [-0.39, 0.29) is 18.4 Å². The number of nitrogens with zero attached hydrogens (tertiary/aromatic N) is 1. The number of aryl methyl sites for hydroxylation is 1. The zero-order valence-electron chi connectivity index (χ0n) is 13.4. The Hall–Kier alpha value is -1.82. The number of carboxylic acid groups (broad SMARTS) is 1. The van der Waals surface area contributed by atoms with Crippen molar-refractivity contribution in [1.82, 2.24) is 4.90 Å². The number of hydrogen-bond donors (Lipinski definition) is 1. The average Bonchev–Trinajstić information content (AvgIpc) is 2.99. The first-order valence-corrected chi connectivity index (χ1v) is 8.25. The molecule has 6 nitrogen and oxygen atoms in total. The van der Waals surface area contributed by atoms with Crippen molar-refractivity contribution in [3.63, 3.8) is 0 Å². The molecular formula is C17H23NO5. The van der Waals surface area contributed by atoms with E-state index in [1.54, 1.807) is 4.90 Å². The molecule has 1 unspecified atom stereocenters. The van der Waals surface area contributed by atoms with E-state index < -0.39 is 11.4 Å². The molecule has 2 aliphatic rings. The third kappa shape index (κ3) is 3.00. The summed E-state index contributed by atoms with van der Waals surface area (Å²) in [6.45, 7) is 3.35. The van der Waals surface area contributed by atoms with Crippen LogP contribution < -0.4 is 0 Å². The topological polar surface area (TPSA) is 80.0 Å². The second-order valence-corrected chi connectivity index (χ2v) is 6.45. The van der Waals surface area contributed by atoms with Gasteiger partial charge in [0, 0.05) is 19.4 Å².